The van der Waals surface area contributed by atoms with Crippen molar-refractivity contribution >= 4 is 0 Å². The molecule has 1 aromatic rings. The number of benzene rings is 1. The molecule has 2 rings (SSSR count). The molecule has 0 aromatic heterocycles. The van der Waals surface area contributed by atoms with E-state index in [9.17, 15) is 0 Å². The highest BCUT2D eigenvalue weighted by atomic mass is 15.0. The van der Waals surface area contributed by atoms with E-state index in [1.165, 1.54) is 31.2 Å². The van der Waals surface area contributed by atoms with Crippen LogP contribution in [0.3, 0.4) is 0 Å². The normalized spacial score (nSPS) is 26.2. The Balaban J connectivity index is 1.99. The van der Waals surface area contributed by atoms with Crippen LogP contribution in [0.5, 0.6) is 0 Å². The Morgan fingerprint density at radius 3 is 2.33 bits per heavy atom. The summed E-state index contributed by atoms with van der Waals surface area (Å²) in [6, 6.07) is 12.0. The second-order valence-corrected chi connectivity index (χ2v) is 6.10. The monoisotopic (exact) mass is 245 g/mol. The molecule has 0 saturated heterocycles. The van der Waals surface area contributed by atoms with Gasteiger partial charge in [-0.3, -0.25) is 0 Å². The Morgan fingerprint density at radius 2 is 1.67 bits per heavy atom. The summed E-state index contributed by atoms with van der Waals surface area (Å²) < 4.78 is 0. The van der Waals surface area contributed by atoms with Crippen molar-refractivity contribution in [1.82, 2.24) is 5.32 Å². The maximum atomic E-state index is 3.87. The molecular formula is C17H27N. The number of rotatable bonds is 4. The lowest BCUT2D eigenvalue weighted by Gasteiger charge is -2.37. The molecular weight excluding hydrogens is 218 g/mol. The van der Waals surface area contributed by atoms with Crippen molar-refractivity contribution in [2.75, 3.05) is 0 Å². The van der Waals surface area contributed by atoms with Crippen LogP contribution in [0.25, 0.3) is 0 Å². The molecule has 1 nitrogen and oxygen atoms in total. The largest absolute Gasteiger partial charge is 0.307 e. The molecule has 3 atom stereocenters. The summed E-state index contributed by atoms with van der Waals surface area (Å²) >= 11 is 0. The van der Waals surface area contributed by atoms with Gasteiger partial charge in [-0.2, -0.15) is 0 Å². The molecule has 0 amide bonds. The van der Waals surface area contributed by atoms with E-state index >= 15 is 0 Å². The minimum atomic E-state index is 0.468. The van der Waals surface area contributed by atoms with Crippen molar-refractivity contribution in [2.45, 2.75) is 58.5 Å². The highest BCUT2D eigenvalue weighted by Gasteiger charge is 2.28. The molecule has 0 heterocycles. The Morgan fingerprint density at radius 1 is 1.00 bits per heavy atom. The summed E-state index contributed by atoms with van der Waals surface area (Å²) in [4.78, 5) is 0. The molecule has 1 saturated carbocycles. The van der Waals surface area contributed by atoms with E-state index in [0.29, 0.717) is 12.1 Å². The fourth-order valence-electron chi connectivity index (χ4n) is 3.32. The maximum Gasteiger partial charge on any atom is 0.0294 e. The van der Waals surface area contributed by atoms with Gasteiger partial charge in [-0.25, -0.2) is 0 Å². The van der Waals surface area contributed by atoms with E-state index in [1.807, 2.05) is 0 Å². The van der Waals surface area contributed by atoms with Crippen LogP contribution in [0, 0.1) is 11.8 Å². The number of nitrogens with one attached hydrogen (secondary N) is 1. The first-order valence-corrected chi connectivity index (χ1v) is 7.49. The fraction of sp³-hybridized carbons (Fsp3) is 0.647. The molecule has 0 radical (unpaired) electrons. The minimum Gasteiger partial charge on any atom is -0.307 e. The molecule has 0 bridgehead atoms. The van der Waals surface area contributed by atoms with Gasteiger partial charge in [0.1, 0.15) is 0 Å². The van der Waals surface area contributed by atoms with Crippen molar-refractivity contribution in [3.05, 3.63) is 35.9 Å². The molecule has 1 N–H and O–H groups in total. The topological polar surface area (TPSA) is 12.0 Å². The van der Waals surface area contributed by atoms with Gasteiger partial charge in [0.05, 0.1) is 0 Å². The van der Waals surface area contributed by atoms with Crippen LogP contribution >= 0.6 is 0 Å². The molecule has 2 unspecified atom stereocenters. The SMILES string of the molecule is CC(C)C1CCCCC1N[C@H](C)c1ccccc1. The Kier molecular flexibility index (Phi) is 4.82. The third-order valence-electron chi connectivity index (χ3n) is 4.44. The predicted octanol–water partition coefficient (Wildman–Crippen LogP) is 4.55. The summed E-state index contributed by atoms with van der Waals surface area (Å²) in [5.41, 5.74) is 1.41. The molecule has 1 heteroatoms. The zero-order valence-electron chi connectivity index (χ0n) is 12.0. The van der Waals surface area contributed by atoms with Gasteiger partial charge in [-0.1, -0.05) is 57.0 Å². The fourth-order valence-corrected chi connectivity index (χ4v) is 3.32. The van der Waals surface area contributed by atoms with E-state index in [4.69, 9.17) is 0 Å². The second kappa shape index (κ2) is 6.38. The van der Waals surface area contributed by atoms with Gasteiger partial charge >= 0.3 is 0 Å². The highest BCUT2D eigenvalue weighted by molar-refractivity contribution is 5.18. The van der Waals surface area contributed by atoms with E-state index in [0.717, 1.165) is 11.8 Å². The predicted molar refractivity (Wildman–Crippen MR) is 78.6 cm³/mol. The summed E-state index contributed by atoms with van der Waals surface area (Å²) in [5.74, 6) is 1.65. The van der Waals surface area contributed by atoms with Gasteiger partial charge in [0, 0.05) is 12.1 Å². The first-order valence-electron chi connectivity index (χ1n) is 7.49. The van der Waals surface area contributed by atoms with Crippen LogP contribution in [-0.2, 0) is 0 Å². The maximum absolute atomic E-state index is 3.87. The zero-order valence-corrected chi connectivity index (χ0v) is 12.0. The molecule has 100 valence electrons. The molecule has 1 fully saturated rings. The van der Waals surface area contributed by atoms with Crippen LogP contribution in [0.1, 0.15) is 58.1 Å². The van der Waals surface area contributed by atoms with Crippen molar-refractivity contribution < 1.29 is 0 Å². The number of hydrogen-bond acceptors (Lipinski definition) is 1. The average molecular weight is 245 g/mol. The smallest absolute Gasteiger partial charge is 0.0294 e. The van der Waals surface area contributed by atoms with E-state index in [1.54, 1.807) is 0 Å². The van der Waals surface area contributed by atoms with Crippen molar-refractivity contribution in [3.63, 3.8) is 0 Å². The summed E-state index contributed by atoms with van der Waals surface area (Å²) in [7, 11) is 0. The summed E-state index contributed by atoms with van der Waals surface area (Å²) in [6.45, 7) is 7.04. The van der Waals surface area contributed by atoms with E-state index < -0.39 is 0 Å². The quantitative estimate of drug-likeness (QED) is 0.820. The van der Waals surface area contributed by atoms with Crippen LogP contribution in [0.2, 0.25) is 0 Å². The van der Waals surface area contributed by atoms with Crippen LogP contribution in [-0.4, -0.2) is 6.04 Å². The molecule has 18 heavy (non-hydrogen) atoms. The Labute approximate surface area is 112 Å². The lowest BCUT2D eigenvalue weighted by Crippen LogP contribution is -2.41. The number of hydrogen-bond donors (Lipinski definition) is 1. The summed E-state index contributed by atoms with van der Waals surface area (Å²) in [6.07, 6.45) is 5.56. The molecule has 1 aliphatic rings. The van der Waals surface area contributed by atoms with Gasteiger partial charge in [-0.15, -0.1) is 0 Å². The third-order valence-corrected chi connectivity index (χ3v) is 4.44. The second-order valence-electron chi connectivity index (χ2n) is 6.10. The molecule has 0 spiro atoms. The zero-order chi connectivity index (χ0) is 13.0. The first kappa shape index (κ1) is 13.6. The van der Waals surface area contributed by atoms with Crippen molar-refractivity contribution in [1.29, 1.82) is 0 Å². The van der Waals surface area contributed by atoms with Crippen molar-refractivity contribution in [3.8, 4) is 0 Å². The van der Waals surface area contributed by atoms with Gasteiger partial charge in [-0.05, 0) is 37.2 Å². The van der Waals surface area contributed by atoms with Gasteiger partial charge in [0.2, 0.25) is 0 Å². The van der Waals surface area contributed by atoms with Gasteiger partial charge in [0.15, 0.2) is 0 Å². The van der Waals surface area contributed by atoms with Crippen LogP contribution in [0.4, 0.5) is 0 Å². The van der Waals surface area contributed by atoms with Crippen LogP contribution < -0.4 is 5.32 Å². The third kappa shape index (κ3) is 3.35. The lowest BCUT2D eigenvalue weighted by atomic mass is 9.77. The lowest BCUT2D eigenvalue weighted by molar-refractivity contribution is 0.195. The van der Waals surface area contributed by atoms with Gasteiger partial charge < -0.3 is 5.32 Å². The molecule has 0 aliphatic heterocycles. The highest BCUT2D eigenvalue weighted by Crippen LogP contribution is 2.31. The minimum absolute atomic E-state index is 0.468. The average Bonchev–Trinajstić information content (AvgIpc) is 2.40. The van der Waals surface area contributed by atoms with E-state index in [-0.39, 0.29) is 0 Å². The molecule has 1 aliphatic carbocycles. The first-order chi connectivity index (χ1) is 8.68. The molecule has 1 aromatic carbocycles. The summed E-state index contributed by atoms with van der Waals surface area (Å²) in [5, 5.41) is 3.87. The van der Waals surface area contributed by atoms with E-state index in [2.05, 4.69) is 56.4 Å². The Hall–Kier alpha value is -0.820. The van der Waals surface area contributed by atoms with Gasteiger partial charge in [0.25, 0.3) is 0 Å². The van der Waals surface area contributed by atoms with Crippen molar-refractivity contribution in [2.24, 2.45) is 11.8 Å². The standard InChI is InChI=1S/C17H27N/c1-13(2)16-11-7-8-12-17(16)18-14(3)15-9-5-4-6-10-15/h4-6,9-10,13-14,16-18H,7-8,11-12H2,1-3H3/t14-,16?,17?/m1/s1. The Bertz CT molecular complexity index is 344. The van der Waals surface area contributed by atoms with Crippen LogP contribution in [0.15, 0.2) is 30.3 Å².